The van der Waals surface area contributed by atoms with Gasteiger partial charge in [-0.3, -0.25) is 0 Å². The fourth-order valence-corrected chi connectivity index (χ4v) is 2.91. The Labute approximate surface area is 124 Å². The Balaban J connectivity index is 1.80. The van der Waals surface area contributed by atoms with Crippen molar-refractivity contribution in [2.45, 2.75) is 26.2 Å². The van der Waals surface area contributed by atoms with E-state index in [1.807, 2.05) is 0 Å². The van der Waals surface area contributed by atoms with Crippen molar-refractivity contribution < 1.29 is 4.39 Å². The number of rotatable bonds is 5. The van der Waals surface area contributed by atoms with Gasteiger partial charge in [0, 0.05) is 13.1 Å². The van der Waals surface area contributed by atoms with Gasteiger partial charge in [-0.25, -0.2) is 8.91 Å². The van der Waals surface area contributed by atoms with Crippen LogP contribution in [0.5, 0.6) is 0 Å². The minimum atomic E-state index is -0.294. The van der Waals surface area contributed by atoms with Crippen LogP contribution >= 0.6 is 0 Å². The number of nitrogens with zero attached hydrogens (tertiary/aromatic N) is 4. The lowest BCUT2D eigenvalue weighted by molar-refractivity contribution is 0.375. The molecule has 0 spiro atoms. The van der Waals surface area contributed by atoms with Crippen LogP contribution in [0, 0.1) is 11.7 Å². The normalized spacial score (nSPS) is 19.0. The molecule has 2 aromatic rings. The maximum absolute atomic E-state index is 13.3. The average Bonchev–Trinajstić information content (AvgIpc) is 2.91. The molecule has 3 rings (SSSR count). The van der Waals surface area contributed by atoms with E-state index >= 15 is 0 Å². The van der Waals surface area contributed by atoms with Gasteiger partial charge in [0.05, 0.1) is 6.20 Å². The molecule has 1 N–H and O–H groups in total. The van der Waals surface area contributed by atoms with E-state index < -0.39 is 0 Å². The Hall–Kier alpha value is -1.69. The highest BCUT2D eigenvalue weighted by Gasteiger charge is 2.19. The van der Waals surface area contributed by atoms with E-state index in [-0.39, 0.29) is 5.82 Å². The monoisotopic (exact) mass is 291 g/mol. The summed E-state index contributed by atoms with van der Waals surface area (Å²) < 4.78 is 14.8. The van der Waals surface area contributed by atoms with Crippen LogP contribution in [0.2, 0.25) is 0 Å². The third-order valence-corrected chi connectivity index (χ3v) is 3.94. The van der Waals surface area contributed by atoms with Crippen molar-refractivity contribution >= 4 is 11.6 Å². The van der Waals surface area contributed by atoms with Crippen molar-refractivity contribution in [1.29, 1.82) is 0 Å². The van der Waals surface area contributed by atoms with Crippen molar-refractivity contribution in [3.05, 3.63) is 24.1 Å². The molecule has 21 heavy (non-hydrogen) atoms. The molecule has 6 heteroatoms. The molecule has 0 aromatic carbocycles. The maximum atomic E-state index is 13.3. The first kappa shape index (κ1) is 14.3. The summed E-state index contributed by atoms with van der Waals surface area (Å²) in [6.07, 6.45) is 4.89. The molecule has 3 heterocycles. The summed E-state index contributed by atoms with van der Waals surface area (Å²) in [6, 6.07) is 3.08. The summed E-state index contributed by atoms with van der Waals surface area (Å²) >= 11 is 0. The number of hydrogen-bond acceptors (Lipinski definition) is 4. The van der Waals surface area contributed by atoms with Gasteiger partial charge in [0.25, 0.3) is 0 Å². The molecule has 1 fully saturated rings. The van der Waals surface area contributed by atoms with E-state index in [1.165, 1.54) is 29.6 Å². The number of fused-ring (bicyclic) bond motifs is 1. The van der Waals surface area contributed by atoms with Crippen LogP contribution in [0.1, 0.15) is 26.2 Å². The van der Waals surface area contributed by atoms with Crippen LogP contribution in [0.25, 0.3) is 5.65 Å². The molecule has 1 aliphatic heterocycles. The molecule has 1 aliphatic rings. The molecule has 0 aliphatic carbocycles. The van der Waals surface area contributed by atoms with Gasteiger partial charge in [0.15, 0.2) is 5.65 Å². The van der Waals surface area contributed by atoms with Crippen LogP contribution < -0.4 is 10.2 Å². The molecule has 5 nitrogen and oxygen atoms in total. The minimum Gasteiger partial charge on any atom is -0.339 e. The van der Waals surface area contributed by atoms with E-state index in [0.29, 0.717) is 17.5 Å². The van der Waals surface area contributed by atoms with Crippen molar-refractivity contribution in [3.63, 3.8) is 0 Å². The largest absolute Gasteiger partial charge is 0.339 e. The Kier molecular flexibility index (Phi) is 4.34. The van der Waals surface area contributed by atoms with Crippen molar-refractivity contribution in [2.24, 2.45) is 5.92 Å². The van der Waals surface area contributed by atoms with Gasteiger partial charge in [-0.2, -0.15) is 4.98 Å². The maximum Gasteiger partial charge on any atom is 0.245 e. The Bertz CT molecular complexity index is 591. The lowest BCUT2D eigenvalue weighted by Gasteiger charge is -2.29. The number of piperidine rings is 1. The highest BCUT2D eigenvalue weighted by atomic mass is 19.1. The van der Waals surface area contributed by atoms with Gasteiger partial charge >= 0.3 is 0 Å². The van der Waals surface area contributed by atoms with Crippen LogP contribution in [-0.4, -0.2) is 40.8 Å². The quantitative estimate of drug-likeness (QED) is 0.916. The predicted octanol–water partition coefficient (Wildman–Crippen LogP) is 2.08. The number of hydrogen-bond donors (Lipinski definition) is 1. The van der Waals surface area contributed by atoms with Crippen molar-refractivity contribution in [3.8, 4) is 0 Å². The van der Waals surface area contributed by atoms with Gasteiger partial charge in [-0.05, 0) is 50.4 Å². The number of nitrogens with one attached hydrogen (secondary N) is 1. The van der Waals surface area contributed by atoms with Crippen LogP contribution in [-0.2, 0) is 0 Å². The van der Waals surface area contributed by atoms with Crippen LogP contribution in [0.15, 0.2) is 18.3 Å². The second kappa shape index (κ2) is 6.39. The van der Waals surface area contributed by atoms with Gasteiger partial charge in [0.2, 0.25) is 5.95 Å². The molecular formula is C15H22FN5. The summed E-state index contributed by atoms with van der Waals surface area (Å²) in [4.78, 5) is 6.75. The number of aromatic nitrogens is 3. The molecule has 1 atom stereocenters. The number of halogens is 1. The zero-order valence-electron chi connectivity index (χ0n) is 12.4. The van der Waals surface area contributed by atoms with Gasteiger partial charge in [0.1, 0.15) is 5.82 Å². The first-order chi connectivity index (χ1) is 10.3. The summed E-state index contributed by atoms with van der Waals surface area (Å²) in [5.74, 6) is 1.04. The predicted molar refractivity (Wildman–Crippen MR) is 81.0 cm³/mol. The van der Waals surface area contributed by atoms with Crippen molar-refractivity contribution in [2.75, 3.05) is 31.1 Å². The molecule has 0 radical (unpaired) electrons. The molecule has 1 unspecified atom stereocenters. The number of anilines is 1. The first-order valence-corrected chi connectivity index (χ1v) is 7.74. The Morgan fingerprint density at radius 2 is 2.38 bits per heavy atom. The highest BCUT2D eigenvalue weighted by molar-refractivity contribution is 5.44. The van der Waals surface area contributed by atoms with E-state index in [0.717, 1.165) is 32.6 Å². The molecule has 0 bridgehead atoms. The van der Waals surface area contributed by atoms with Gasteiger partial charge in [-0.1, -0.05) is 6.92 Å². The fraction of sp³-hybridized carbons (Fsp3) is 0.600. The smallest absolute Gasteiger partial charge is 0.245 e. The lowest BCUT2D eigenvalue weighted by atomic mass is 9.99. The number of pyridine rings is 1. The second-order valence-corrected chi connectivity index (χ2v) is 5.72. The molecular weight excluding hydrogens is 269 g/mol. The summed E-state index contributed by atoms with van der Waals surface area (Å²) in [6.45, 7) is 6.22. The van der Waals surface area contributed by atoms with E-state index in [1.54, 1.807) is 6.07 Å². The standard InChI is InChI=1S/C15H22FN5/c1-2-8-20(10-12-4-3-7-17-9-12)15-18-14-6-5-13(16)11-21(14)19-15/h5-6,11-12,17H,2-4,7-10H2,1H3. The molecule has 114 valence electrons. The van der Waals surface area contributed by atoms with Gasteiger partial charge < -0.3 is 10.2 Å². The summed E-state index contributed by atoms with van der Waals surface area (Å²) in [5, 5.41) is 7.87. The zero-order chi connectivity index (χ0) is 14.7. The third kappa shape index (κ3) is 3.32. The summed E-state index contributed by atoms with van der Waals surface area (Å²) in [5.41, 5.74) is 0.689. The third-order valence-electron chi connectivity index (χ3n) is 3.94. The molecule has 1 saturated heterocycles. The SMILES string of the molecule is CCCN(CC1CCCNC1)c1nc2ccc(F)cn2n1. The topological polar surface area (TPSA) is 45.5 Å². The van der Waals surface area contributed by atoms with Crippen LogP contribution in [0.4, 0.5) is 10.3 Å². The molecule has 0 amide bonds. The first-order valence-electron chi connectivity index (χ1n) is 7.74. The zero-order valence-corrected chi connectivity index (χ0v) is 12.4. The van der Waals surface area contributed by atoms with E-state index in [2.05, 4.69) is 27.2 Å². The van der Waals surface area contributed by atoms with E-state index in [4.69, 9.17) is 0 Å². The minimum absolute atomic E-state index is 0.294. The Morgan fingerprint density at radius 1 is 1.48 bits per heavy atom. The van der Waals surface area contributed by atoms with Crippen molar-refractivity contribution in [1.82, 2.24) is 19.9 Å². The second-order valence-electron chi connectivity index (χ2n) is 5.72. The van der Waals surface area contributed by atoms with Crippen LogP contribution in [0.3, 0.4) is 0 Å². The Morgan fingerprint density at radius 3 is 3.14 bits per heavy atom. The summed E-state index contributed by atoms with van der Waals surface area (Å²) in [7, 11) is 0. The molecule has 2 aromatic heterocycles. The van der Waals surface area contributed by atoms with E-state index in [9.17, 15) is 4.39 Å². The highest BCUT2D eigenvalue weighted by Crippen LogP contribution is 2.17. The van der Waals surface area contributed by atoms with Gasteiger partial charge in [-0.15, -0.1) is 5.10 Å². The fourth-order valence-electron chi connectivity index (χ4n) is 2.91. The average molecular weight is 291 g/mol. The lowest BCUT2D eigenvalue weighted by Crippen LogP contribution is -2.39. The molecule has 0 saturated carbocycles.